The Bertz CT molecular complexity index is 1450. The number of halogens is 3. The van der Waals surface area contributed by atoms with E-state index in [4.69, 9.17) is 5.73 Å². The van der Waals surface area contributed by atoms with Gasteiger partial charge in [-0.3, -0.25) is 9.59 Å². The van der Waals surface area contributed by atoms with E-state index in [9.17, 15) is 27.9 Å². The number of aliphatic hydroxyl groups is 1. The SMILES string of the molecule is Cc1cc(Nc2nccc(C(F)(F)F)n2)cc(-c2cnc([C@]3(O)CC[C@H](C(=O)NC4CCC(C(N)=O)CC4)CC3)s2)c1. The maximum absolute atomic E-state index is 13.1. The molecule has 224 valence electrons. The molecule has 9 nitrogen and oxygen atoms in total. The van der Waals surface area contributed by atoms with E-state index in [1.165, 1.54) is 11.3 Å². The Kier molecular flexibility index (Phi) is 8.51. The molecule has 3 aromatic rings. The molecule has 2 heterocycles. The molecule has 5 rings (SSSR count). The molecule has 5 N–H and O–H groups in total. The first-order valence-electron chi connectivity index (χ1n) is 14.0. The third-order valence-electron chi connectivity index (χ3n) is 8.13. The maximum atomic E-state index is 13.1. The van der Waals surface area contributed by atoms with Gasteiger partial charge in [0.2, 0.25) is 17.8 Å². The quantitative estimate of drug-likeness (QED) is 0.291. The van der Waals surface area contributed by atoms with Crippen molar-refractivity contribution in [3.05, 3.63) is 52.9 Å². The van der Waals surface area contributed by atoms with Crippen LogP contribution in [0.15, 0.2) is 36.7 Å². The highest BCUT2D eigenvalue weighted by atomic mass is 32.1. The minimum atomic E-state index is -4.58. The number of rotatable bonds is 7. The summed E-state index contributed by atoms with van der Waals surface area (Å²) in [4.78, 5) is 37.1. The molecule has 2 aromatic heterocycles. The van der Waals surface area contributed by atoms with E-state index in [1.54, 1.807) is 18.3 Å². The molecule has 0 unspecified atom stereocenters. The number of hydrogen-bond acceptors (Lipinski definition) is 8. The normalized spacial score (nSPS) is 24.6. The van der Waals surface area contributed by atoms with Gasteiger partial charge in [0, 0.05) is 36.0 Å². The largest absolute Gasteiger partial charge is 0.433 e. The van der Waals surface area contributed by atoms with Crippen LogP contribution in [0.2, 0.25) is 0 Å². The van der Waals surface area contributed by atoms with Gasteiger partial charge in [-0.2, -0.15) is 13.2 Å². The smallest absolute Gasteiger partial charge is 0.383 e. The summed E-state index contributed by atoms with van der Waals surface area (Å²) < 4.78 is 39.2. The maximum Gasteiger partial charge on any atom is 0.433 e. The second-order valence-electron chi connectivity index (χ2n) is 11.3. The molecular weight excluding hydrogens is 569 g/mol. The summed E-state index contributed by atoms with van der Waals surface area (Å²) >= 11 is 1.35. The molecular formula is C29H33F3N6O3S. The first-order valence-corrected chi connectivity index (χ1v) is 14.8. The van der Waals surface area contributed by atoms with Crippen molar-refractivity contribution in [2.45, 2.75) is 76.1 Å². The van der Waals surface area contributed by atoms with Gasteiger partial charge < -0.3 is 21.5 Å². The fourth-order valence-electron chi connectivity index (χ4n) is 5.74. The lowest BCUT2D eigenvalue weighted by Gasteiger charge is -2.35. The van der Waals surface area contributed by atoms with Gasteiger partial charge in [-0.1, -0.05) is 6.07 Å². The number of primary amides is 1. The number of aryl methyl sites for hydroxylation is 1. The van der Waals surface area contributed by atoms with Crippen molar-refractivity contribution in [1.82, 2.24) is 20.3 Å². The van der Waals surface area contributed by atoms with Crippen LogP contribution in [0.4, 0.5) is 24.8 Å². The number of nitrogens with one attached hydrogen (secondary N) is 2. The van der Waals surface area contributed by atoms with Crippen molar-refractivity contribution in [3.63, 3.8) is 0 Å². The van der Waals surface area contributed by atoms with Gasteiger partial charge >= 0.3 is 6.18 Å². The number of carbonyl (C=O) groups excluding carboxylic acids is 2. The first kappa shape index (κ1) is 29.9. The van der Waals surface area contributed by atoms with Crippen molar-refractivity contribution in [2.75, 3.05) is 5.32 Å². The predicted molar refractivity (Wildman–Crippen MR) is 152 cm³/mol. The monoisotopic (exact) mass is 602 g/mol. The van der Waals surface area contributed by atoms with Crippen molar-refractivity contribution >= 4 is 34.8 Å². The van der Waals surface area contributed by atoms with Gasteiger partial charge in [0.15, 0.2) is 0 Å². The lowest BCUT2D eigenvalue weighted by atomic mass is 9.78. The van der Waals surface area contributed by atoms with Gasteiger partial charge in [0.05, 0.1) is 4.88 Å². The average Bonchev–Trinajstić information content (AvgIpc) is 3.45. The minimum absolute atomic E-state index is 0.0102. The molecule has 1 aromatic carbocycles. The molecule has 0 atom stereocenters. The van der Waals surface area contributed by atoms with Crippen LogP contribution in [0.25, 0.3) is 10.4 Å². The predicted octanol–water partition coefficient (Wildman–Crippen LogP) is 5.21. The number of aromatic nitrogens is 3. The Labute approximate surface area is 245 Å². The van der Waals surface area contributed by atoms with Crippen LogP contribution in [-0.2, 0) is 21.4 Å². The van der Waals surface area contributed by atoms with Crippen LogP contribution in [-0.4, -0.2) is 37.9 Å². The number of alkyl halides is 3. The molecule has 0 bridgehead atoms. The Morgan fingerprint density at radius 1 is 1.05 bits per heavy atom. The second-order valence-corrected chi connectivity index (χ2v) is 12.3. The number of nitrogens with two attached hydrogens (primary N) is 1. The van der Waals surface area contributed by atoms with Crippen molar-refractivity contribution < 1.29 is 27.9 Å². The van der Waals surface area contributed by atoms with Crippen LogP contribution in [0.5, 0.6) is 0 Å². The molecule has 2 amide bonds. The number of hydrogen-bond donors (Lipinski definition) is 4. The van der Waals surface area contributed by atoms with E-state index >= 15 is 0 Å². The third-order valence-corrected chi connectivity index (χ3v) is 9.37. The van der Waals surface area contributed by atoms with Gasteiger partial charge in [-0.05, 0) is 87.6 Å². The zero-order chi connectivity index (χ0) is 30.1. The molecule has 2 fully saturated rings. The van der Waals surface area contributed by atoms with Gasteiger partial charge in [-0.15, -0.1) is 11.3 Å². The highest BCUT2D eigenvalue weighted by molar-refractivity contribution is 7.15. The Balaban J connectivity index is 1.21. The molecule has 2 aliphatic rings. The topological polar surface area (TPSA) is 143 Å². The van der Waals surface area contributed by atoms with Gasteiger partial charge in [-0.25, -0.2) is 15.0 Å². The molecule has 42 heavy (non-hydrogen) atoms. The van der Waals surface area contributed by atoms with E-state index in [0.29, 0.717) is 49.2 Å². The van der Waals surface area contributed by atoms with E-state index in [2.05, 4.69) is 25.6 Å². The van der Waals surface area contributed by atoms with E-state index < -0.39 is 17.5 Å². The number of thiazole rings is 1. The van der Waals surface area contributed by atoms with Crippen molar-refractivity contribution in [3.8, 4) is 10.4 Å². The molecule has 0 spiro atoms. The van der Waals surface area contributed by atoms with Crippen LogP contribution in [0.3, 0.4) is 0 Å². The van der Waals surface area contributed by atoms with Gasteiger partial charge in [0.1, 0.15) is 16.3 Å². The average molecular weight is 603 g/mol. The second kappa shape index (κ2) is 12.0. The lowest BCUT2D eigenvalue weighted by Crippen LogP contribution is -2.44. The summed E-state index contributed by atoms with van der Waals surface area (Å²) in [6.07, 6.45) is 2.88. The number of carbonyl (C=O) groups is 2. The molecule has 0 radical (unpaired) electrons. The van der Waals surface area contributed by atoms with Crippen LogP contribution in [0.1, 0.15) is 67.6 Å². The molecule has 0 aliphatic heterocycles. The zero-order valence-electron chi connectivity index (χ0n) is 23.1. The van der Waals surface area contributed by atoms with Crippen molar-refractivity contribution in [1.29, 1.82) is 0 Å². The third kappa shape index (κ3) is 6.89. The molecule has 13 heteroatoms. The highest BCUT2D eigenvalue weighted by Gasteiger charge is 2.40. The lowest BCUT2D eigenvalue weighted by molar-refractivity contribution is -0.141. The number of anilines is 2. The highest BCUT2D eigenvalue weighted by Crippen LogP contribution is 2.43. The minimum Gasteiger partial charge on any atom is -0.383 e. The fraction of sp³-hybridized carbons (Fsp3) is 0.483. The van der Waals surface area contributed by atoms with E-state index in [1.807, 2.05) is 13.0 Å². The summed E-state index contributed by atoms with van der Waals surface area (Å²) in [5.41, 5.74) is 5.40. The fourth-order valence-corrected chi connectivity index (χ4v) is 6.79. The Hall–Kier alpha value is -3.58. The summed E-state index contributed by atoms with van der Waals surface area (Å²) in [5.74, 6) is -0.759. The summed E-state index contributed by atoms with van der Waals surface area (Å²) in [6, 6.07) is 6.34. The van der Waals surface area contributed by atoms with E-state index in [-0.39, 0.29) is 35.6 Å². The number of nitrogens with zero attached hydrogens (tertiary/aromatic N) is 3. The number of amides is 2. The Morgan fingerprint density at radius 3 is 2.43 bits per heavy atom. The number of benzene rings is 1. The van der Waals surface area contributed by atoms with Crippen LogP contribution < -0.4 is 16.4 Å². The molecule has 2 aliphatic carbocycles. The summed E-state index contributed by atoms with van der Waals surface area (Å²) in [5, 5.41) is 18.0. The summed E-state index contributed by atoms with van der Waals surface area (Å²) in [7, 11) is 0. The van der Waals surface area contributed by atoms with Crippen molar-refractivity contribution in [2.24, 2.45) is 17.6 Å². The Morgan fingerprint density at radius 2 is 1.76 bits per heavy atom. The van der Waals surface area contributed by atoms with Crippen LogP contribution in [0, 0.1) is 18.8 Å². The molecule has 2 saturated carbocycles. The molecule has 0 saturated heterocycles. The summed E-state index contributed by atoms with van der Waals surface area (Å²) in [6.45, 7) is 1.87. The van der Waals surface area contributed by atoms with Crippen LogP contribution >= 0.6 is 11.3 Å². The first-order chi connectivity index (χ1) is 19.9. The van der Waals surface area contributed by atoms with E-state index in [0.717, 1.165) is 41.1 Å². The van der Waals surface area contributed by atoms with Gasteiger partial charge in [0.25, 0.3) is 0 Å². The standard InChI is InChI=1S/C29H33F3N6O3S/c1-16-12-19(14-21(13-16)37-27-34-11-8-23(38-27)29(30,31)32)22-15-35-26(42-22)28(41)9-6-18(7-10-28)25(40)36-20-4-2-17(3-5-20)24(33)39/h8,11-15,17-18,20,41H,2-7,9-10H2,1H3,(H2,33,39)(H,36,40)(H,34,37,38)/t17?,18-,20?,28-. The zero-order valence-corrected chi connectivity index (χ0v) is 23.9.